The average molecular weight is 376 g/mol. The van der Waals surface area contributed by atoms with E-state index in [4.69, 9.17) is 13.9 Å². The number of ether oxygens (including phenoxy) is 2. The monoisotopic (exact) mass is 376 g/mol. The molecule has 8 heteroatoms. The Balaban J connectivity index is 1.98. The molecule has 0 bridgehead atoms. The maximum Gasteiger partial charge on any atom is 0.265 e. The van der Waals surface area contributed by atoms with Gasteiger partial charge in [0.25, 0.3) is 10.0 Å². The molecule has 1 N–H and O–H groups in total. The highest BCUT2D eigenvalue weighted by Gasteiger charge is 2.21. The van der Waals surface area contributed by atoms with Crippen LogP contribution in [-0.4, -0.2) is 27.6 Å². The van der Waals surface area contributed by atoms with Crippen LogP contribution in [0.25, 0.3) is 11.1 Å². The number of benzene rings is 2. The fourth-order valence-electron chi connectivity index (χ4n) is 2.46. The van der Waals surface area contributed by atoms with Crippen LogP contribution in [0, 0.1) is 0 Å². The van der Waals surface area contributed by atoms with Crippen LogP contribution in [0.2, 0.25) is 0 Å². The van der Waals surface area contributed by atoms with E-state index in [9.17, 15) is 8.42 Å². The van der Waals surface area contributed by atoms with Crippen LogP contribution in [0.15, 0.2) is 45.7 Å². The number of sulfonamides is 1. The Bertz CT molecular complexity index is 1040. The lowest BCUT2D eigenvalue weighted by Crippen LogP contribution is -2.14. The first-order chi connectivity index (χ1) is 12.3. The molecule has 0 radical (unpaired) electrons. The van der Waals surface area contributed by atoms with Crippen molar-refractivity contribution < 1.29 is 22.3 Å². The third-order valence-corrected chi connectivity index (χ3v) is 5.21. The molecule has 138 valence electrons. The third kappa shape index (κ3) is 3.45. The van der Waals surface area contributed by atoms with Gasteiger partial charge in [-0.15, -0.1) is 0 Å². The number of nitrogens with zero attached hydrogens (tertiary/aromatic N) is 1. The molecule has 0 aliphatic rings. The van der Waals surface area contributed by atoms with Gasteiger partial charge in [-0.25, -0.2) is 13.4 Å². The van der Waals surface area contributed by atoms with Gasteiger partial charge in [-0.05, 0) is 24.3 Å². The van der Waals surface area contributed by atoms with Crippen molar-refractivity contribution in [1.29, 1.82) is 0 Å². The van der Waals surface area contributed by atoms with E-state index in [2.05, 4.69) is 9.71 Å². The van der Waals surface area contributed by atoms with Gasteiger partial charge in [0.05, 0.1) is 19.9 Å². The topological polar surface area (TPSA) is 90.7 Å². The summed E-state index contributed by atoms with van der Waals surface area (Å²) in [6.07, 6.45) is 0. The molecule has 0 unspecified atom stereocenters. The fraction of sp³-hybridized carbons (Fsp3) is 0.278. The van der Waals surface area contributed by atoms with Crippen LogP contribution >= 0.6 is 0 Å². The first-order valence-corrected chi connectivity index (χ1v) is 9.47. The minimum atomic E-state index is -3.88. The van der Waals surface area contributed by atoms with Gasteiger partial charge >= 0.3 is 0 Å². The van der Waals surface area contributed by atoms with Crippen LogP contribution < -0.4 is 14.2 Å². The molecule has 0 aliphatic heterocycles. The van der Waals surface area contributed by atoms with Gasteiger partial charge in [-0.1, -0.05) is 13.8 Å². The van der Waals surface area contributed by atoms with E-state index >= 15 is 0 Å². The highest BCUT2D eigenvalue weighted by molar-refractivity contribution is 7.92. The van der Waals surface area contributed by atoms with E-state index in [0.29, 0.717) is 28.4 Å². The molecule has 0 atom stereocenters. The first-order valence-electron chi connectivity index (χ1n) is 7.99. The zero-order valence-electron chi connectivity index (χ0n) is 14.9. The van der Waals surface area contributed by atoms with Crippen molar-refractivity contribution >= 4 is 26.8 Å². The van der Waals surface area contributed by atoms with Gasteiger partial charge in [0, 0.05) is 18.1 Å². The Labute approximate surface area is 152 Å². The molecule has 1 aromatic heterocycles. The fourth-order valence-corrected chi connectivity index (χ4v) is 3.69. The third-order valence-electron chi connectivity index (χ3n) is 3.81. The van der Waals surface area contributed by atoms with E-state index < -0.39 is 10.0 Å². The molecule has 0 aliphatic carbocycles. The number of aromatic nitrogens is 1. The standard InChI is InChI=1S/C18H20N2O5S/c1-11(2)18-19-14-7-5-12(9-16(14)25-18)20-26(21,22)17-10-13(23-3)6-8-15(17)24-4/h5-11,20H,1-4H3. The molecule has 0 spiro atoms. The number of rotatable bonds is 6. The molecule has 3 rings (SSSR count). The van der Waals surface area contributed by atoms with Crippen molar-refractivity contribution in [1.82, 2.24) is 4.98 Å². The first kappa shape index (κ1) is 18.1. The normalized spacial score (nSPS) is 11.7. The van der Waals surface area contributed by atoms with Gasteiger partial charge in [0.15, 0.2) is 11.5 Å². The molecule has 0 saturated heterocycles. The summed E-state index contributed by atoms with van der Waals surface area (Å²) in [7, 11) is -1.00. The molecule has 0 fully saturated rings. The van der Waals surface area contributed by atoms with Crippen molar-refractivity contribution in [2.75, 3.05) is 18.9 Å². The lowest BCUT2D eigenvalue weighted by molar-refractivity contribution is 0.392. The molecule has 0 saturated carbocycles. The maximum absolute atomic E-state index is 12.8. The quantitative estimate of drug-likeness (QED) is 0.704. The Morgan fingerprint density at radius 3 is 2.50 bits per heavy atom. The average Bonchev–Trinajstić information content (AvgIpc) is 3.04. The van der Waals surface area contributed by atoms with Gasteiger partial charge in [-0.2, -0.15) is 0 Å². The summed E-state index contributed by atoms with van der Waals surface area (Å²) in [4.78, 5) is 4.36. The summed E-state index contributed by atoms with van der Waals surface area (Å²) in [6, 6.07) is 9.54. The second-order valence-electron chi connectivity index (χ2n) is 6.01. The number of methoxy groups -OCH3 is 2. The predicted molar refractivity (Wildman–Crippen MR) is 98.5 cm³/mol. The van der Waals surface area contributed by atoms with Crippen molar-refractivity contribution in [3.05, 3.63) is 42.3 Å². The van der Waals surface area contributed by atoms with Crippen molar-refractivity contribution in [2.24, 2.45) is 0 Å². The van der Waals surface area contributed by atoms with Crippen LogP contribution in [0.4, 0.5) is 5.69 Å². The lowest BCUT2D eigenvalue weighted by atomic mass is 10.2. The smallest absolute Gasteiger partial charge is 0.265 e. The minimum absolute atomic E-state index is 0.0140. The van der Waals surface area contributed by atoms with Crippen LogP contribution in [0.5, 0.6) is 11.5 Å². The van der Waals surface area contributed by atoms with Crippen molar-refractivity contribution in [3.8, 4) is 11.5 Å². The van der Waals surface area contributed by atoms with Gasteiger partial charge in [-0.3, -0.25) is 4.72 Å². The zero-order valence-corrected chi connectivity index (χ0v) is 15.8. The van der Waals surface area contributed by atoms with Crippen LogP contribution in [0.1, 0.15) is 25.7 Å². The van der Waals surface area contributed by atoms with Gasteiger partial charge in [0.2, 0.25) is 0 Å². The molecule has 7 nitrogen and oxygen atoms in total. The van der Waals surface area contributed by atoms with Crippen LogP contribution in [-0.2, 0) is 10.0 Å². The highest BCUT2D eigenvalue weighted by Crippen LogP contribution is 2.31. The Morgan fingerprint density at radius 2 is 1.85 bits per heavy atom. The molecule has 1 heterocycles. The van der Waals surface area contributed by atoms with Crippen molar-refractivity contribution in [2.45, 2.75) is 24.7 Å². The Hall–Kier alpha value is -2.74. The second-order valence-corrected chi connectivity index (χ2v) is 7.66. The van der Waals surface area contributed by atoms with Crippen molar-refractivity contribution in [3.63, 3.8) is 0 Å². The number of oxazole rings is 1. The van der Waals surface area contributed by atoms with Gasteiger partial charge < -0.3 is 13.9 Å². The number of hydrogen-bond acceptors (Lipinski definition) is 6. The van der Waals surface area contributed by atoms with E-state index in [0.717, 1.165) is 0 Å². The molecule has 26 heavy (non-hydrogen) atoms. The predicted octanol–water partition coefficient (Wildman–Crippen LogP) is 3.77. The van der Waals surface area contributed by atoms with E-state index in [-0.39, 0.29) is 16.6 Å². The summed E-state index contributed by atoms with van der Waals surface area (Å²) in [5.41, 5.74) is 1.57. The second kappa shape index (κ2) is 6.87. The SMILES string of the molecule is COc1ccc(OC)c(S(=O)(=O)Nc2ccc3nc(C(C)C)oc3c2)c1. The summed E-state index contributed by atoms with van der Waals surface area (Å²) < 4.78 is 44.1. The van der Waals surface area contributed by atoms with E-state index in [1.807, 2.05) is 13.8 Å². The molecule has 0 amide bonds. The summed E-state index contributed by atoms with van der Waals surface area (Å²) in [5, 5.41) is 0. The summed E-state index contributed by atoms with van der Waals surface area (Å²) in [5.74, 6) is 1.39. The maximum atomic E-state index is 12.8. The summed E-state index contributed by atoms with van der Waals surface area (Å²) >= 11 is 0. The molecular formula is C18H20N2O5S. The number of hydrogen-bond donors (Lipinski definition) is 1. The van der Waals surface area contributed by atoms with Crippen LogP contribution in [0.3, 0.4) is 0 Å². The largest absolute Gasteiger partial charge is 0.497 e. The number of anilines is 1. The summed E-state index contributed by atoms with van der Waals surface area (Å²) in [6.45, 7) is 3.95. The molecule has 2 aromatic carbocycles. The highest BCUT2D eigenvalue weighted by atomic mass is 32.2. The Kier molecular flexibility index (Phi) is 4.78. The molecular weight excluding hydrogens is 356 g/mol. The van der Waals surface area contributed by atoms with E-state index in [1.165, 1.54) is 20.3 Å². The van der Waals surface area contributed by atoms with E-state index in [1.54, 1.807) is 30.3 Å². The van der Waals surface area contributed by atoms with Gasteiger partial charge in [0.1, 0.15) is 21.9 Å². The molecule has 3 aromatic rings. The number of fused-ring (bicyclic) bond motifs is 1. The Morgan fingerprint density at radius 1 is 1.08 bits per heavy atom. The zero-order chi connectivity index (χ0) is 18.9. The minimum Gasteiger partial charge on any atom is -0.497 e. The number of nitrogens with one attached hydrogen (secondary N) is 1. The lowest BCUT2D eigenvalue weighted by Gasteiger charge is -2.12.